The van der Waals surface area contributed by atoms with Crippen molar-refractivity contribution in [2.24, 2.45) is 0 Å². The zero-order valence-corrected chi connectivity index (χ0v) is 10.8. The number of esters is 1. The Hall–Kier alpha value is -2.37. The SMILES string of the molecule is CCOC(=O)/C(=C\c1ccc([N+](=O)[O-])cc1)OCC. The number of carbonyl (C=O) groups excluding carboxylic acids is 1. The van der Waals surface area contributed by atoms with Gasteiger partial charge in [-0.3, -0.25) is 10.1 Å². The highest BCUT2D eigenvalue weighted by molar-refractivity contribution is 5.91. The molecule has 102 valence electrons. The number of benzene rings is 1. The van der Waals surface area contributed by atoms with Gasteiger partial charge in [0.15, 0.2) is 0 Å². The van der Waals surface area contributed by atoms with E-state index in [1.165, 1.54) is 30.3 Å². The van der Waals surface area contributed by atoms with Crippen molar-refractivity contribution in [1.29, 1.82) is 0 Å². The molecule has 0 aliphatic heterocycles. The van der Waals surface area contributed by atoms with Gasteiger partial charge in [0.25, 0.3) is 5.69 Å². The highest BCUT2D eigenvalue weighted by Crippen LogP contribution is 2.15. The molecule has 0 radical (unpaired) electrons. The van der Waals surface area contributed by atoms with E-state index < -0.39 is 10.9 Å². The van der Waals surface area contributed by atoms with Gasteiger partial charge in [0, 0.05) is 12.1 Å². The zero-order valence-electron chi connectivity index (χ0n) is 10.8. The Morgan fingerprint density at radius 1 is 1.21 bits per heavy atom. The predicted molar refractivity (Wildman–Crippen MR) is 69.3 cm³/mol. The van der Waals surface area contributed by atoms with E-state index in [-0.39, 0.29) is 18.1 Å². The molecule has 0 saturated carbocycles. The molecule has 0 atom stereocenters. The second-order valence-corrected chi connectivity index (χ2v) is 3.51. The van der Waals surface area contributed by atoms with Gasteiger partial charge in [0.1, 0.15) is 0 Å². The molecule has 1 rings (SSSR count). The molecule has 0 aliphatic carbocycles. The lowest BCUT2D eigenvalue weighted by atomic mass is 10.2. The summed E-state index contributed by atoms with van der Waals surface area (Å²) >= 11 is 0. The summed E-state index contributed by atoms with van der Waals surface area (Å²) in [5.74, 6) is -0.471. The van der Waals surface area contributed by atoms with E-state index in [0.29, 0.717) is 12.2 Å². The molecule has 6 nitrogen and oxygen atoms in total. The van der Waals surface area contributed by atoms with Crippen LogP contribution < -0.4 is 0 Å². The number of non-ortho nitro benzene ring substituents is 1. The standard InChI is InChI=1S/C13H15NO5/c1-3-18-12(13(15)19-4-2)9-10-5-7-11(8-6-10)14(16)17/h5-9H,3-4H2,1-2H3/b12-9+. The van der Waals surface area contributed by atoms with Crippen LogP contribution in [0.4, 0.5) is 5.69 Å². The van der Waals surface area contributed by atoms with Crippen molar-refractivity contribution >= 4 is 17.7 Å². The van der Waals surface area contributed by atoms with Crippen LogP contribution in [0.1, 0.15) is 19.4 Å². The second kappa shape index (κ2) is 7.15. The molecule has 19 heavy (non-hydrogen) atoms. The minimum Gasteiger partial charge on any atom is -0.487 e. The summed E-state index contributed by atoms with van der Waals surface area (Å²) in [6.07, 6.45) is 1.49. The van der Waals surface area contributed by atoms with Crippen LogP contribution in [0.5, 0.6) is 0 Å². The molecular formula is C13H15NO5. The normalized spacial score (nSPS) is 10.9. The largest absolute Gasteiger partial charge is 0.487 e. The molecule has 0 amide bonds. The summed E-state index contributed by atoms with van der Waals surface area (Å²) in [4.78, 5) is 21.6. The molecule has 0 heterocycles. The fourth-order valence-corrected chi connectivity index (χ4v) is 1.36. The fourth-order valence-electron chi connectivity index (χ4n) is 1.36. The Morgan fingerprint density at radius 3 is 2.26 bits per heavy atom. The van der Waals surface area contributed by atoms with Crippen molar-refractivity contribution in [3.63, 3.8) is 0 Å². The first kappa shape index (κ1) is 14.7. The van der Waals surface area contributed by atoms with E-state index in [2.05, 4.69) is 0 Å². The fraction of sp³-hybridized carbons (Fsp3) is 0.308. The maximum absolute atomic E-state index is 11.6. The van der Waals surface area contributed by atoms with Gasteiger partial charge in [-0.25, -0.2) is 4.79 Å². The van der Waals surface area contributed by atoms with Crippen molar-refractivity contribution in [3.8, 4) is 0 Å². The van der Waals surface area contributed by atoms with Gasteiger partial charge < -0.3 is 9.47 Å². The van der Waals surface area contributed by atoms with Gasteiger partial charge in [0.05, 0.1) is 18.1 Å². The Morgan fingerprint density at radius 2 is 1.79 bits per heavy atom. The monoisotopic (exact) mass is 265 g/mol. The number of nitro benzene ring substituents is 1. The zero-order chi connectivity index (χ0) is 14.3. The van der Waals surface area contributed by atoms with E-state index in [1.807, 2.05) is 0 Å². The molecule has 1 aromatic carbocycles. The number of hydrogen-bond donors (Lipinski definition) is 0. The first-order valence-electron chi connectivity index (χ1n) is 5.84. The average molecular weight is 265 g/mol. The maximum atomic E-state index is 11.6. The van der Waals surface area contributed by atoms with Crippen LogP contribution in [0.2, 0.25) is 0 Å². The van der Waals surface area contributed by atoms with Gasteiger partial charge in [-0.15, -0.1) is 0 Å². The van der Waals surface area contributed by atoms with Crippen molar-refractivity contribution in [2.75, 3.05) is 13.2 Å². The van der Waals surface area contributed by atoms with E-state index >= 15 is 0 Å². The average Bonchev–Trinajstić information content (AvgIpc) is 2.39. The van der Waals surface area contributed by atoms with Crippen molar-refractivity contribution in [2.45, 2.75) is 13.8 Å². The Labute approximate surface area is 110 Å². The topological polar surface area (TPSA) is 78.7 Å². The first-order chi connectivity index (χ1) is 9.08. The number of carbonyl (C=O) groups is 1. The molecular weight excluding hydrogens is 250 g/mol. The second-order valence-electron chi connectivity index (χ2n) is 3.51. The Bertz CT molecular complexity index is 478. The van der Waals surface area contributed by atoms with Crippen LogP contribution in [-0.2, 0) is 14.3 Å². The Balaban J connectivity index is 2.94. The lowest BCUT2D eigenvalue weighted by molar-refractivity contribution is -0.384. The van der Waals surface area contributed by atoms with Crippen LogP contribution in [0.3, 0.4) is 0 Å². The van der Waals surface area contributed by atoms with E-state index in [9.17, 15) is 14.9 Å². The summed E-state index contributed by atoms with van der Waals surface area (Å²) in [6, 6.07) is 5.80. The molecule has 0 N–H and O–H groups in total. The number of ether oxygens (including phenoxy) is 2. The molecule has 0 fully saturated rings. The Kier molecular flexibility index (Phi) is 5.53. The summed E-state index contributed by atoms with van der Waals surface area (Å²) in [5.41, 5.74) is 0.619. The maximum Gasteiger partial charge on any atom is 0.373 e. The summed E-state index contributed by atoms with van der Waals surface area (Å²) in [6.45, 7) is 4.04. The predicted octanol–water partition coefficient (Wildman–Crippen LogP) is 2.54. The van der Waals surface area contributed by atoms with E-state index in [0.717, 1.165) is 0 Å². The number of rotatable bonds is 6. The third-order valence-corrected chi connectivity index (χ3v) is 2.18. The van der Waals surface area contributed by atoms with E-state index in [4.69, 9.17) is 9.47 Å². The number of nitrogens with zero attached hydrogens (tertiary/aromatic N) is 1. The van der Waals surface area contributed by atoms with Gasteiger partial charge in [-0.1, -0.05) is 0 Å². The molecule has 0 bridgehead atoms. The third kappa shape index (κ3) is 4.42. The summed E-state index contributed by atoms with van der Waals surface area (Å²) < 4.78 is 10.0. The molecule has 0 aromatic heterocycles. The van der Waals surface area contributed by atoms with Crippen LogP contribution in [-0.4, -0.2) is 24.1 Å². The third-order valence-electron chi connectivity index (χ3n) is 2.18. The smallest absolute Gasteiger partial charge is 0.373 e. The number of nitro groups is 1. The highest BCUT2D eigenvalue weighted by atomic mass is 16.6. The van der Waals surface area contributed by atoms with Crippen LogP contribution in [0.25, 0.3) is 6.08 Å². The van der Waals surface area contributed by atoms with Crippen LogP contribution in [0, 0.1) is 10.1 Å². The van der Waals surface area contributed by atoms with Gasteiger partial charge in [0.2, 0.25) is 5.76 Å². The molecule has 0 saturated heterocycles. The lowest BCUT2D eigenvalue weighted by Crippen LogP contribution is -2.10. The van der Waals surface area contributed by atoms with E-state index in [1.54, 1.807) is 13.8 Å². The van der Waals surface area contributed by atoms with Gasteiger partial charge >= 0.3 is 5.97 Å². The van der Waals surface area contributed by atoms with Gasteiger partial charge in [-0.2, -0.15) is 0 Å². The molecule has 0 aliphatic rings. The van der Waals surface area contributed by atoms with Gasteiger partial charge in [-0.05, 0) is 37.6 Å². The molecule has 0 unspecified atom stereocenters. The molecule has 1 aromatic rings. The number of hydrogen-bond acceptors (Lipinski definition) is 5. The van der Waals surface area contributed by atoms with Crippen LogP contribution >= 0.6 is 0 Å². The van der Waals surface area contributed by atoms with Crippen molar-refractivity contribution in [3.05, 3.63) is 45.7 Å². The summed E-state index contributed by atoms with van der Waals surface area (Å²) in [5, 5.41) is 10.5. The van der Waals surface area contributed by atoms with Crippen molar-refractivity contribution < 1.29 is 19.2 Å². The molecule has 0 spiro atoms. The minimum absolute atomic E-state index is 0.00811. The van der Waals surface area contributed by atoms with Crippen LogP contribution in [0.15, 0.2) is 30.0 Å². The minimum atomic E-state index is -0.553. The van der Waals surface area contributed by atoms with Crippen molar-refractivity contribution in [1.82, 2.24) is 0 Å². The quantitative estimate of drug-likeness (QED) is 0.259. The molecule has 6 heteroatoms. The highest BCUT2D eigenvalue weighted by Gasteiger charge is 2.12. The first-order valence-corrected chi connectivity index (χ1v) is 5.84. The lowest BCUT2D eigenvalue weighted by Gasteiger charge is -2.07. The summed E-state index contributed by atoms with van der Waals surface area (Å²) in [7, 11) is 0.